The van der Waals surface area contributed by atoms with Crippen LogP contribution in [0, 0.1) is 0 Å². The van der Waals surface area contributed by atoms with Crippen LogP contribution in [0.2, 0.25) is 0 Å². The fourth-order valence-corrected chi connectivity index (χ4v) is 8.93. The summed E-state index contributed by atoms with van der Waals surface area (Å²) in [4.78, 5) is 0. The molecule has 0 bridgehead atoms. The summed E-state index contributed by atoms with van der Waals surface area (Å²) in [6.45, 7) is 4.79. The SMILES string of the molecule is CC1(C)c2ccccc2-c2c1cc(-c1c3ccccc3c(-c3ccc4c5c(cccc35)CC4)c3ccccc13)c1ccccc21. The van der Waals surface area contributed by atoms with Crippen LogP contribution in [0.4, 0.5) is 0 Å². The minimum absolute atomic E-state index is 0.0824. The van der Waals surface area contributed by atoms with Crippen LogP contribution in [-0.2, 0) is 18.3 Å². The fourth-order valence-electron chi connectivity index (χ4n) is 8.93. The van der Waals surface area contributed by atoms with Gasteiger partial charge in [-0.1, -0.05) is 141 Å². The number of hydrogen-bond acceptors (Lipinski definition) is 0. The zero-order valence-electron chi connectivity index (χ0n) is 25.6. The number of fused-ring (bicyclic) bond motifs is 7. The maximum Gasteiger partial charge on any atom is 0.0159 e. The van der Waals surface area contributed by atoms with Gasteiger partial charge in [-0.3, -0.25) is 0 Å². The summed E-state index contributed by atoms with van der Waals surface area (Å²) >= 11 is 0. The molecule has 8 aromatic carbocycles. The summed E-state index contributed by atoms with van der Waals surface area (Å²) in [5.74, 6) is 0. The molecule has 10 rings (SSSR count). The van der Waals surface area contributed by atoms with Gasteiger partial charge in [-0.05, 0) is 118 Å². The van der Waals surface area contributed by atoms with Gasteiger partial charge >= 0.3 is 0 Å². The van der Waals surface area contributed by atoms with Gasteiger partial charge in [-0.25, -0.2) is 0 Å². The Bertz CT molecular complexity index is 2490. The smallest absolute Gasteiger partial charge is 0.0159 e. The van der Waals surface area contributed by atoms with Gasteiger partial charge in [0.05, 0.1) is 0 Å². The molecule has 0 aliphatic heterocycles. The van der Waals surface area contributed by atoms with E-state index in [0.29, 0.717) is 0 Å². The molecule has 212 valence electrons. The van der Waals surface area contributed by atoms with E-state index in [9.17, 15) is 0 Å². The first kappa shape index (κ1) is 25.2. The Morgan fingerprint density at radius 1 is 0.378 bits per heavy atom. The predicted octanol–water partition coefficient (Wildman–Crippen LogP) is 12.0. The van der Waals surface area contributed by atoms with Gasteiger partial charge in [-0.2, -0.15) is 0 Å². The van der Waals surface area contributed by atoms with E-state index in [2.05, 4.69) is 147 Å². The topological polar surface area (TPSA) is 0 Å². The number of rotatable bonds is 2. The molecule has 0 heterocycles. The molecule has 0 atom stereocenters. The molecule has 8 aromatic rings. The van der Waals surface area contributed by atoms with E-state index in [1.165, 1.54) is 98.7 Å². The molecule has 0 unspecified atom stereocenters. The largest absolute Gasteiger partial charge is 0.0619 e. The second-order valence-corrected chi connectivity index (χ2v) is 13.5. The van der Waals surface area contributed by atoms with Crippen molar-refractivity contribution in [1.29, 1.82) is 0 Å². The standard InChI is InChI=1S/C45H32/c1-45(2)39-21-10-9-19-37(39)44-30-14-4-3-13-29(30)38(26-40(44)45)43-34-17-7-5-15-32(34)42(33-16-6-8-18-35(33)43)36-25-24-28-23-22-27-12-11-20-31(36)41(27)28/h3-21,24-26H,22-23H2,1-2H3. The molecule has 0 fully saturated rings. The Kier molecular flexibility index (Phi) is 4.99. The van der Waals surface area contributed by atoms with Crippen molar-refractivity contribution in [1.82, 2.24) is 0 Å². The van der Waals surface area contributed by atoms with Crippen molar-refractivity contribution in [2.24, 2.45) is 0 Å². The highest BCUT2D eigenvalue weighted by Crippen LogP contribution is 2.55. The zero-order chi connectivity index (χ0) is 29.9. The van der Waals surface area contributed by atoms with Gasteiger partial charge in [0.25, 0.3) is 0 Å². The van der Waals surface area contributed by atoms with E-state index in [-0.39, 0.29) is 5.41 Å². The third-order valence-corrected chi connectivity index (χ3v) is 10.9. The first-order valence-electron chi connectivity index (χ1n) is 16.2. The molecule has 0 saturated carbocycles. The summed E-state index contributed by atoms with van der Waals surface area (Å²) in [5.41, 5.74) is 13.8. The summed E-state index contributed by atoms with van der Waals surface area (Å²) in [6.07, 6.45) is 2.28. The minimum Gasteiger partial charge on any atom is -0.0619 e. The molecule has 0 saturated heterocycles. The molecular weight excluding hydrogens is 540 g/mol. The van der Waals surface area contributed by atoms with Crippen molar-refractivity contribution < 1.29 is 0 Å². The highest BCUT2D eigenvalue weighted by molar-refractivity contribution is 6.26. The monoisotopic (exact) mass is 572 g/mol. The molecule has 0 aromatic heterocycles. The van der Waals surface area contributed by atoms with Crippen LogP contribution in [0.5, 0.6) is 0 Å². The Morgan fingerprint density at radius 3 is 1.56 bits per heavy atom. The second-order valence-electron chi connectivity index (χ2n) is 13.5. The van der Waals surface area contributed by atoms with E-state index < -0.39 is 0 Å². The third kappa shape index (κ3) is 3.27. The Labute approximate surface area is 263 Å². The lowest BCUT2D eigenvalue weighted by molar-refractivity contribution is 0.661. The lowest BCUT2D eigenvalue weighted by atomic mass is 9.78. The maximum absolute atomic E-state index is 2.53. The molecule has 2 aliphatic carbocycles. The molecule has 0 heteroatoms. The highest BCUT2D eigenvalue weighted by atomic mass is 14.4. The van der Waals surface area contributed by atoms with Gasteiger partial charge in [0, 0.05) is 5.41 Å². The molecule has 0 amide bonds. The summed E-state index contributed by atoms with van der Waals surface area (Å²) in [5, 5.41) is 10.8. The fraction of sp³-hybridized carbons (Fsp3) is 0.111. The van der Waals surface area contributed by atoms with Crippen molar-refractivity contribution in [2.45, 2.75) is 32.1 Å². The number of benzene rings is 8. The maximum atomic E-state index is 2.53. The Balaban J connectivity index is 1.37. The van der Waals surface area contributed by atoms with Crippen LogP contribution in [-0.4, -0.2) is 0 Å². The van der Waals surface area contributed by atoms with Crippen LogP contribution in [0.25, 0.3) is 76.5 Å². The van der Waals surface area contributed by atoms with Gasteiger partial charge < -0.3 is 0 Å². The third-order valence-electron chi connectivity index (χ3n) is 10.9. The van der Waals surface area contributed by atoms with Gasteiger partial charge in [0.1, 0.15) is 0 Å². The lowest BCUT2D eigenvalue weighted by Gasteiger charge is -2.24. The Morgan fingerprint density at radius 2 is 0.889 bits per heavy atom. The van der Waals surface area contributed by atoms with Crippen LogP contribution in [0.15, 0.2) is 133 Å². The van der Waals surface area contributed by atoms with Gasteiger partial charge in [-0.15, -0.1) is 0 Å². The minimum atomic E-state index is -0.0824. The molecule has 2 aliphatic rings. The average Bonchev–Trinajstić information content (AvgIpc) is 3.61. The molecular formula is C45H32. The van der Waals surface area contributed by atoms with E-state index in [1.54, 1.807) is 0 Å². The van der Waals surface area contributed by atoms with Crippen molar-refractivity contribution >= 4 is 43.1 Å². The number of aryl methyl sites for hydroxylation is 2. The normalized spacial score (nSPS) is 14.4. The molecule has 0 N–H and O–H groups in total. The second kappa shape index (κ2) is 8.93. The number of hydrogen-bond donors (Lipinski definition) is 0. The van der Waals surface area contributed by atoms with Crippen molar-refractivity contribution in [3.8, 4) is 33.4 Å². The van der Waals surface area contributed by atoms with E-state index in [0.717, 1.165) is 12.8 Å². The van der Waals surface area contributed by atoms with Crippen LogP contribution in [0.3, 0.4) is 0 Å². The highest BCUT2D eigenvalue weighted by Gasteiger charge is 2.37. The average molecular weight is 573 g/mol. The lowest BCUT2D eigenvalue weighted by Crippen LogP contribution is -2.15. The van der Waals surface area contributed by atoms with Crippen molar-refractivity contribution in [2.75, 3.05) is 0 Å². The Hall–Kier alpha value is -5.20. The van der Waals surface area contributed by atoms with Crippen molar-refractivity contribution in [3.05, 3.63) is 156 Å². The quantitative estimate of drug-likeness (QED) is 0.181. The zero-order valence-corrected chi connectivity index (χ0v) is 25.6. The summed E-state index contributed by atoms with van der Waals surface area (Å²) in [6, 6.07) is 50.6. The van der Waals surface area contributed by atoms with Gasteiger partial charge in [0.15, 0.2) is 0 Å². The van der Waals surface area contributed by atoms with Gasteiger partial charge in [0.2, 0.25) is 0 Å². The molecule has 45 heavy (non-hydrogen) atoms. The molecule has 0 nitrogen and oxygen atoms in total. The van der Waals surface area contributed by atoms with E-state index in [1.807, 2.05) is 0 Å². The first-order chi connectivity index (χ1) is 22.1. The van der Waals surface area contributed by atoms with E-state index in [4.69, 9.17) is 0 Å². The predicted molar refractivity (Wildman–Crippen MR) is 192 cm³/mol. The van der Waals surface area contributed by atoms with Crippen LogP contribution >= 0.6 is 0 Å². The molecule has 0 radical (unpaired) electrons. The summed E-state index contributed by atoms with van der Waals surface area (Å²) < 4.78 is 0. The molecule has 0 spiro atoms. The van der Waals surface area contributed by atoms with E-state index >= 15 is 0 Å². The summed E-state index contributed by atoms with van der Waals surface area (Å²) in [7, 11) is 0. The van der Waals surface area contributed by atoms with Crippen LogP contribution in [0.1, 0.15) is 36.1 Å². The van der Waals surface area contributed by atoms with Crippen LogP contribution < -0.4 is 0 Å². The van der Waals surface area contributed by atoms with Crippen molar-refractivity contribution in [3.63, 3.8) is 0 Å². The first-order valence-corrected chi connectivity index (χ1v) is 16.2.